The number of rotatable bonds is 8. The Morgan fingerprint density at radius 3 is 1.91 bits per heavy atom. The Balaban J connectivity index is 2.20. The number of Topliss-reactive ketones (excluding diaryl/α,β-unsaturated/α-hetero) is 1. The van der Waals surface area contributed by atoms with Crippen molar-refractivity contribution in [2.24, 2.45) is 11.3 Å². The second kappa shape index (κ2) is 10.0. The van der Waals surface area contributed by atoms with Crippen LogP contribution in [0.1, 0.15) is 82.5 Å². The minimum absolute atomic E-state index is 0.0267. The Labute approximate surface area is 196 Å². The van der Waals surface area contributed by atoms with Crippen molar-refractivity contribution >= 4 is 23.7 Å². The van der Waals surface area contributed by atoms with Crippen LogP contribution in [0.3, 0.4) is 0 Å². The summed E-state index contributed by atoms with van der Waals surface area (Å²) in [6.45, 7) is 14.7. The molecule has 0 radical (unpaired) electrons. The lowest BCUT2D eigenvalue weighted by molar-refractivity contribution is -0.130. The van der Waals surface area contributed by atoms with Gasteiger partial charge in [0.15, 0.2) is 5.78 Å². The van der Waals surface area contributed by atoms with Gasteiger partial charge in [0.25, 0.3) is 11.8 Å². The van der Waals surface area contributed by atoms with Crippen molar-refractivity contribution in [3.05, 3.63) is 35.4 Å². The third-order valence-electron chi connectivity index (χ3n) is 4.94. The van der Waals surface area contributed by atoms with E-state index in [2.05, 4.69) is 0 Å². The summed E-state index contributed by atoms with van der Waals surface area (Å²) >= 11 is 0. The number of amides is 3. The molecule has 2 rings (SSSR count). The first-order valence-electron chi connectivity index (χ1n) is 11.3. The van der Waals surface area contributed by atoms with E-state index in [4.69, 9.17) is 9.57 Å². The van der Waals surface area contributed by atoms with E-state index >= 15 is 0 Å². The van der Waals surface area contributed by atoms with Crippen LogP contribution in [0.25, 0.3) is 0 Å². The maximum Gasteiger partial charge on any atom is 0.410 e. The van der Waals surface area contributed by atoms with Crippen molar-refractivity contribution in [3.8, 4) is 0 Å². The summed E-state index contributed by atoms with van der Waals surface area (Å²) in [6, 6.07) is 5.74. The first kappa shape index (κ1) is 26.5. The molecular formula is C25H36N2O6. The first-order chi connectivity index (χ1) is 15.1. The molecule has 8 heteroatoms. The zero-order valence-electron chi connectivity index (χ0n) is 20.9. The lowest BCUT2D eigenvalue weighted by Crippen LogP contribution is -2.52. The van der Waals surface area contributed by atoms with Crippen LogP contribution in [0.15, 0.2) is 24.3 Å². The predicted molar refractivity (Wildman–Crippen MR) is 124 cm³/mol. The number of imide groups is 1. The summed E-state index contributed by atoms with van der Waals surface area (Å²) in [6.07, 6.45) is -0.358. The second-order valence-corrected chi connectivity index (χ2v) is 10.8. The number of carbonyl (C=O) groups excluding carboxylic acids is 4. The van der Waals surface area contributed by atoms with E-state index in [0.717, 1.165) is 0 Å². The first-order valence-corrected chi connectivity index (χ1v) is 11.3. The van der Waals surface area contributed by atoms with Crippen molar-refractivity contribution in [1.29, 1.82) is 0 Å². The molecule has 0 bridgehead atoms. The van der Waals surface area contributed by atoms with Crippen LogP contribution in [0.2, 0.25) is 0 Å². The highest BCUT2D eigenvalue weighted by atomic mass is 16.7. The molecule has 1 atom stereocenters. The van der Waals surface area contributed by atoms with E-state index < -0.39 is 29.6 Å². The third kappa shape index (κ3) is 6.87. The van der Waals surface area contributed by atoms with E-state index in [-0.39, 0.29) is 47.8 Å². The van der Waals surface area contributed by atoms with Crippen LogP contribution in [-0.4, -0.2) is 58.4 Å². The molecule has 182 valence electrons. The van der Waals surface area contributed by atoms with Gasteiger partial charge in [0.05, 0.1) is 30.3 Å². The van der Waals surface area contributed by atoms with E-state index in [1.54, 1.807) is 45.0 Å². The largest absolute Gasteiger partial charge is 0.444 e. The quantitative estimate of drug-likeness (QED) is 0.531. The molecule has 0 saturated carbocycles. The topological polar surface area (TPSA) is 93.2 Å². The minimum atomic E-state index is -0.757. The van der Waals surface area contributed by atoms with Crippen LogP contribution in [0.4, 0.5) is 4.79 Å². The Kier molecular flexibility index (Phi) is 8.06. The molecule has 1 aliphatic rings. The highest BCUT2D eigenvalue weighted by Crippen LogP contribution is 2.26. The van der Waals surface area contributed by atoms with E-state index in [0.29, 0.717) is 5.06 Å². The monoisotopic (exact) mass is 460 g/mol. The lowest BCUT2D eigenvalue weighted by Gasteiger charge is -2.36. The van der Waals surface area contributed by atoms with Crippen molar-refractivity contribution < 1.29 is 28.8 Å². The van der Waals surface area contributed by atoms with E-state index in [9.17, 15) is 19.2 Å². The standard InChI is InChI=1S/C25H36N2O6/c1-16(2)20(19(28)15-24(3,4)5)26(23(31)33-25(6,7)8)13-14-32-27-21(29)17-11-9-10-12-18(17)22(27)30/h9-12,16,20H,13-15H2,1-8H3/t20-/m0/s1. The number of carbonyl (C=O) groups is 4. The van der Waals surface area contributed by atoms with Crippen LogP contribution in [0.5, 0.6) is 0 Å². The molecule has 0 fully saturated rings. The second-order valence-electron chi connectivity index (χ2n) is 10.8. The highest BCUT2D eigenvalue weighted by molar-refractivity contribution is 6.20. The van der Waals surface area contributed by atoms with Crippen molar-refractivity contribution in [3.63, 3.8) is 0 Å². The van der Waals surface area contributed by atoms with Gasteiger partial charge in [0.2, 0.25) is 0 Å². The average Bonchev–Trinajstić information content (AvgIpc) is 2.89. The average molecular weight is 461 g/mol. The number of benzene rings is 1. The minimum Gasteiger partial charge on any atom is -0.444 e. The smallest absolute Gasteiger partial charge is 0.410 e. The lowest BCUT2D eigenvalue weighted by atomic mass is 9.84. The van der Waals surface area contributed by atoms with Gasteiger partial charge in [-0.15, -0.1) is 5.06 Å². The van der Waals surface area contributed by atoms with Gasteiger partial charge in [-0.1, -0.05) is 46.8 Å². The van der Waals surface area contributed by atoms with Crippen LogP contribution < -0.4 is 0 Å². The Morgan fingerprint density at radius 1 is 0.970 bits per heavy atom. The SMILES string of the molecule is CC(C)[C@@H](C(=O)CC(C)(C)C)N(CCON1C(=O)c2ccccc2C1=O)C(=O)OC(C)(C)C. The molecule has 0 aromatic heterocycles. The summed E-state index contributed by atoms with van der Waals surface area (Å²) < 4.78 is 5.56. The molecule has 3 amide bonds. The number of ether oxygens (including phenoxy) is 1. The molecule has 0 N–H and O–H groups in total. The molecule has 0 spiro atoms. The number of hydroxylamine groups is 2. The zero-order chi connectivity index (χ0) is 25.1. The number of ketones is 1. The predicted octanol–water partition coefficient (Wildman–Crippen LogP) is 4.48. The van der Waals surface area contributed by atoms with Crippen molar-refractivity contribution in [2.45, 2.75) is 73.5 Å². The van der Waals surface area contributed by atoms with Gasteiger partial charge in [-0.05, 0) is 44.2 Å². The molecule has 33 heavy (non-hydrogen) atoms. The molecule has 0 saturated heterocycles. The molecule has 1 heterocycles. The van der Waals surface area contributed by atoms with Crippen LogP contribution >= 0.6 is 0 Å². The van der Waals surface area contributed by atoms with Gasteiger partial charge in [-0.25, -0.2) is 4.79 Å². The molecule has 8 nitrogen and oxygen atoms in total. The fraction of sp³-hybridized carbons (Fsp3) is 0.600. The van der Waals surface area contributed by atoms with Crippen molar-refractivity contribution in [1.82, 2.24) is 9.96 Å². The van der Waals surface area contributed by atoms with Crippen LogP contribution in [-0.2, 0) is 14.4 Å². The maximum atomic E-state index is 13.2. The Bertz CT molecular complexity index is 875. The third-order valence-corrected chi connectivity index (χ3v) is 4.94. The van der Waals surface area contributed by atoms with E-state index in [1.165, 1.54) is 4.90 Å². The fourth-order valence-corrected chi connectivity index (χ4v) is 3.71. The molecule has 0 aliphatic carbocycles. The van der Waals surface area contributed by atoms with E-state index in [1.807, 2.05) is 34.6 Å². The molecule has 1 aromatic rings. The Morgan fingerprint density at radius 2 is 1.48 bits per heavy atom. The Hall–Kier alpha value is -2.74. The summed E-state index contributed by atoms with van der Waals surface area (Å²) in [7, 11) is 0. The number of fused-ring (bicyclic) bond motifs is 1. The number of nitrogens with zero attached hydrogens (tertiary/aromatic N) is 2. The molecule has 1 aliphatic heterocycles. The van der Waals surface area contributed by atoms with Crippen LogP contribution in [0, 0.1) is 11.3 Å². The van der Waals surface area contributed by atoms with Crippen molar-refractivity contribution in [2.75, 3.05) is 13.2 Å². The van der Waals surface area contributed by atoms with Gasteiger partial charge in [-0.2, -0.15) is 0 Å². The maximum absolute atomic E-state index is 13.2. The van der Waals surface area contributed by atoms with Gasteiger partial charge >= 0.3 is 6.09 Å². The molecule has 0 unspecified atom stereocenters. The van der Waals surface area contributed by atoms with Gasteiger partial charge in [-0.3, -0.25) is 24.1 Å². The summed E-state index contributed by atoms with van der Waals surface area (Å²) in [5, 5.41) is 0.708. The summed E-state index contributed by atoms with van der Waals surface area (Å²) in [5.74, 6) is -1.36. The molecular weight excluding hydrogens is 424 g/mol. The summed E-state index contributed by atoms with van der Waals surface area (Å²) in [4.78, 5) is 58.2. The van der Waals surface area contributed by atoms with Gasteiger partial charge in [0, 0.05) is 6.42 Å². The van der Waals surface area contributed by atoms with Gasteiger partial charge in [0.1, 0.15) is 5.60 Å². The summed E-state index contributed by atoms with van der Waals surface area (Å²) in [5.41, 5.74) is -0.466. The fourth-order valence-electron chi connectivity index (χ4n) is 3.71. The highest BCUT2D eigenvalue weighted by Gasteiger charge is 2.39. The number of hydrogen-bond acceptors (Lipinski definition) is 6. The number of hydrogen-bond donors (Lipinski definition) is 0. The molecule has 1 aromatic carbocycles. The normalized spacial score (nSPS) is 15.0. The zero-order valence-corrected chi connectivity index (χ0v) is 20.9. The van der Waals surface area contributed by atoms with Gasteiger partial charge < -0.3 is 4.74 Å².